The predicted octanol–water partition coefficient (Wildman–Crippen LogP) is 3.32. The van der Waals surface area contributed by atoms with Gasteiger partial charge in [0, 0.05) is 6.04 Å². The van der Waals surface area contributed by atoms with Crippen LogP contribution >= 0.6 is 0 Å². The van der Waals surface area contributed by atoms with Crippen LogP contribution in [0.25, 0.3) is 0 Å². The lowest BCUT2D eigenvalue weighted by atomic mass is 9.90. The topological polar surface area (TPSA) is 12.0 Å². The van der Waals surface area contributed by atoms with Crippen molar-refractivity contribution in [3.05, 3.63) is 35.6 Å². The molecule has 2 atom stereocenters. The lowest BCUT2D eigenvalue weighted by Gasteiger charge is -2.23. The molecule has 0 saturated heterocycles. The Bertz CT molecular complexity index is 298. The summed E-state index contributed by atoms with van der Waals surface area (Å²) >= 11 is 0. The van der Waals surface area contributed by atoms with Gasteiger partial charge >= 0.3 is 0 Å². The number of halogens is 1. The molecule has 84 valence electrons. The van der Waals surface area contributed by atoms with E-state index in [0.717, 1.165) is 18.5 Å². The van der Waals surface area contributed by atoms with Crippen molar-refractivity contribution in [3.8, 4) is 0 Å². The van der Waals surface area contributed by atoms with Crippen molar-refractivity contribution in [1.82, 2.24) is 5.32 Å². The molecule has 15 heavy (non-hydrogen) atoms. The van der Waals surface area contributed by atoms with Gasteiger partial charge in [-0.05, 0) is 43.5 Å². The van der Waals surface area contributed by atoms with Crippen LogP contribution in [0.15, 0.2) is 24.3 Å². The first-order chi connectivity index (χ1) is 7.19. The van der Waals surface area contributed by atoms with Gasteiger partial charge in [-0.2, -0.15) is 0 Å². The van der Waals surface area contributed by atoms with Gasteiger partial charge < -0.3 is 5.32 Å². The third-order valence-electron chi connectivity index (χ3n) is 2.85. The van der Waals surface area contributed by atoms with E-state index in [0.29, 0.717) is 12.0 Å². The van der Waals surface area contributed by atoms with Crippen LogP contribution in [-0.4, -0.2) is 12.6 Å². The largest absolute Gasteiger partial charge is 0.314 e. The fraction of sp³-hybridized carbons (Fsp3) is 0.538. The Labute approximate surface area is 91.7 Å². The Morgan fingerprint density at radius 3 is 2.60 bits per heavy atom. The zero-order chi connectivity index (χ0) is 11.3. The molecule has 0 aliphatic rings. The molecule has 1 rings (SSSR count). The molecule has 0 heterocycles. The SMILES string of the molecule is CCNC(C)C(CC)c1cccc(F)c1. The van der Waals surface area contributed by atoms with Crippen LogP contribution in [0.1, 0.15) is 38.7 Å². The third kappa shape index (κ3) is 3.31. The second-order valence-electron chi connectivity index (χ2n) is 3.92. The Morgan fingerprint density at radius 1 is 1.33 bits per heavy atom. The van der Waals surface area contributed by atoms with Crippen molar-refractivity contribution in [2.24, 2.45) is 0 Å². The maximum Gasteiger partial charge on any atom is 0.123 e. The molecule has 0 aliphatic carbocycles. The first kappa shape index (κ1) is 12.2. The summed E-state index contributed by atoms with van der Waals surface area (Å²) in [7, 11) is 0. The molecule has 0 spiro atoms. The molecular weight excluding hydrogens is 189 g/mol. The lowest BCUT2D eigenvalue weighted by molar-refractivity contribution is 0.458. The summed E-state index contributed by atoms with van der Waals surface area (Å²) in [5.74, 6) is 0.246. The molecule has 1 aromatic rings. The van der Waals surface area contributed by atoms with Crippen LogP contribution in [-0.2, 0) is 0 Å². The van der Waals surface area contributed by atoms with Crippen LogP contribution in [0.3, 0.4) is 0 Å². The third-order valence-corrected chi connectivity index (χ3v) is 2.85. The number of likely N-dealkylation sites (N-methyl/N-ethyl adjacent to an activating group) is 1. The van der Waals surface area contributed by atoms with E-state index in [1.54, 1.807) is 12.1 Å². The second kappa shape index (κ2) is 5.86. The number of nitrogens with one attached hydrogen (secondary N) is 1. The normalized spacial score (nSPS) is 14.9. The summed E-state index contributed by atoms with van der Waals surface area (Å²) in [6.07, 6.45) is 1.03. The standard InChI is InChI=1S/C13H20FN/c1-4-13(10(3)15-5-2)11-7-6-8-12(14)9-11/h6-10,13,15H,4-5H2,1-3H3. The summed E-state index contributed by atoms with van der Waals surface area (Å²) < 4.78 is 13.1. The molecule has 2 heteroatoms. The van der Waals surface area contributed by atoms with E-state index in [1.165, 1.54) is 6.07 Å². The van der Waals surface area contributed by atoms with Gasteiger partial charge in [0.25, 0.3) is 0 Å². The highest BCUT2D eigenvalue weighted by atomic mass is 19.1. The summed E-state index contributed by atoms with van der Waals surface area (Å²) in [5, 5.41) is 3.39. The summed E-state index contributed by atoms with van der Waals surface area (Å²) in [5.41, 5.74) is 1.09. The fourth-order valence-electron chi connectivity index (χ4n) is 2.08. The van der Waals surface area contributed by atoms with Gasteiger partial charge in [0.1, 0.15) is 5.82 Å². The van der Waals surface area contributed by atoms with E-state index < -0.39 is 0 Å². The highest BCUT2D eigenvalue weighted by molar-refractivity contribution is 5.22. The predicted molar refractivity (Wildman–Crippen MR) is 62.6 cm³/mol. The van der Waals surface area contributed by atoms with Gasteiger partial charge in [0.2, 0.25) is 0 Å². The summed E-state index contributed by atoms with van der Waals surface area (Å²) in [4.78, 5) is 0. The molecule has 1 aromatic carbocycles. The van der Waals surface area contributed by atoms with E-state index in [1.807, 2.05) is 6.07 Å². The molecule has 0 amide bonds. The average Bonchev–Trinajstić information content (AvgIpc) is 2.19. The van der Waals surface area contributed by atoms with Gasteiger partial charge in [-0.3, -0.25) is 0 Å². The van der Waals surface area contributed by atoms with Crippen LogP contribution in [0, 0.1) is 5.82 Å². The Kier molecular flexibility index (Phi) is 4.76. The van der Waals surface area contributed by atoms with Gasteiger partial charge in [-0.1, -0.05) is 26.0 Å². The van der Waals surface area contributed by atoms with Gasteiger partial charge in [-0.15, -0.1) is 0 Å². The zero-order valence-corrected chi connectivity index (χ0v) is 9.76. The fourth-order valence-corrected chi connectivity index (χ4v) is 2.08. The minimum absolute atomic E-state index is 0.144. The highest BCUT2D eigenvalue weighted by Gasteiger charge is 2.16. The van der Waals surface area contributed by atoms with E-state index >= 15 is 0 Å². The number of rotatable bonds is 5. The molecule has 0 fully saturated rings. The maximum absolute atomic E-state index is 13.1. The van der Waals surface area contributed by atoms with Crippen molar-refractivity contribution in [3.63, 3.8) is 0 Å². The van der Waals surface area contributed by atoms with E-state index in [2.05, 4.69) is 26.1 Å². The number of hydrogen-bond donors (Lipinski definition) is 1. The Hall–Kier alpha value is -0.890. The smallest absolute Gasteiger partial charge is 0.123 e. The first-order valence-electron chi connectivity index (χ1n) is 5.67. The molecule has 1 nitrogen and oxygen atoms in total. The number of benzene rings is 1. The van der Waals surface area contributed by atoms with Crippen molar-refractivity contribution in [2.75, 3.05) is 6.54 Å². The Morgan fingerprint density at radius 2 is 2.07 bits per heavy atom. The maximum atomic E-state index is 13.1. The average molecular weight is 209 g/mol. The first-order valence-corrected chi connectivity index (χ1v) is 5.67. The lowest BCUT2D eigenvalue weighted by Crippen LogP contribution is -2.31. The molecule has 0 saturated carbocycles. The van der Waals surface area contributed by atoms with E-state index in [-0.39, 0.29) is 5.82 Å². The zero-order valence-electron chi connectivity index (χ0n) is 9.76. The minimum atomic E-state index is -0.144. The molecule has 0 bridgehead atoms. The van der Waals surface area contributed by atoms with Crippen molar-refractivity contribution in [1.29, 1.82) is 0 Å². The minimum Gasteiger partial charge on any atom is -0.314 e. The van der Waals surface area contributed by atoms with Crippen LogP contribution < -0.4 is 5.32 Å². The molecule has 2 unspecified atom stereocenters. The number of hydrogen-bond acceptors (Lipinski definition) is 1. The Balaban J connectivity index is 2.82. The van der Waals surface area contributed by atoms with E-state index in [4.69, 9.17) is 0 Å². The van der Waals surface area contributed by atoms with Gasteiger partial charge in [-0.25, -0.2) is 4.39 Å². The van der Waals surface area contributed by atoms with Gasteiger partial charge in [0.05, 0.1) is 0 Å². The van der Waals surface area contributed by atoms with Crippen molar-refractivity contribution >= 4 is 0 Å². The quantitative estimate of drug-likeness (QED) is 0.784. The molecule has 0 radical (unpaired) electrons. The summed E-state index contributed by atoms with van der Waals surface area (Å²) in [6, 6.07) is 7.31. The van der Waals surface area contributed by atoms with Crippen molar-refractivity contribution in [2.45, 2.75) is 39.2 Å². The second-order valence-corrected chi connectivity index (χ2v) is 3.92. The van der Waals surface area contributed by atoms with Crippen LogP contribution in [0.4, 0.5) is 4.39 Å². The molecular formula is C13H20FN. The molecule has 0 aliphatic heterocycles. The van der Waals surface area contributed by atoms with E-state index in [9.17, 15) is 4.39 Å². The van der Waals surface area contributed by atoms with Crippen molar-refractivity contribution < 1.29 is 4.39 Å². The monoisotopic (exact) mass is 209 g/mol. The van der Waals surface area contributed by atoms with Gasteiger partial charge in [0.15, 0.2) is 0 Å². The van der Waals surface area contributed by atoms with Crippen LogP contribution in [0.2, 0.25) is 0 Å². The summed E-state index contributed by atoms with van der Waals surface area (Å²) in [6.45, 7) is 7.34. The molecule has 1 N–H and O–H groups in total. The van der Waals surface area contributed by atoms with Crippen LogP contribution in [0.5, 0.6) is 0 Å². The highest BCUT2D eigenvalue weighted by Crippen LogP contribution is 2.23. The molecule has 0 aromatic heterocycles.